The molecule has 3 N–H and O–H groups in total. The standard InChI is InChI=1S/C12H15N5O2S/c1-6-4-9(19-3)16-12(14-6)17-10(18)8-5-20-11(15-8)7(2)13/h4-5,7H,13H2,1-3H3,(H,14,16,17,18). The van der Waals surface area contributed by atoms with Gasteiger partial charge in [0.1, 0.15) is 10.7 Å². The monoisotopic (exact) mass is 293 g/mol. The zero-order valence-corrected chi connectivity index (χ0v) is 12.2. The van der Waals surface area contributed by atoms with Gasteiger partial charge in [0.2, 0.25) is 11.8 Å². The lowest BCUT2D eigenvalue weighted by Gasteiger charge is -2.05. The third-order valence-corrected chi connectivity index (χ3v) is 3.45. The molecule has 0 aromatic carbocycles. The van der Waals surface area contributed by atoms with Crippen LogP contribution in [0.5, 0.6) is 5.88 Å². The number of nitrogens with zero attached hydrogens (tertiary/aromatic N) is 3. The molecule has 0 saturated heterocycles. The number of hydrogen-bond donors (Lipinski definition) is 2. The molecule has 0 spiro atoms. The number of carbonyl (C=O) groups excluding carboxylic acids is 1. The quantitative estimate of drug-likeness (QED) is 0.886. The van der Waals surface area contributed by atoms with E-state index in [-0.39, 0.29) is 17.9 Å². The molecule has 1 unspecified atom stereocenters. The van der Waals surface area contributed by atoms with Gasteiger partial charge < -0.3 is 10.5 Å². The molecule has 2 aromatic rings. The van der Waals surface area contributed by atoms with E-state index in [0.29, 0.717) is 22.3 Å². The summed E-state index contributed by atoms with van der Waals surface area (Å²) in [6, 6.07) is 1.48. The van der Waals surface area contributed by atoms with Gasteiger partial charge in [-0.2, -0.15) is 4.98 Å². The van der Waals surface area contributed by atoms with Crippen LogP contribution in [0.2, 0.25) is 0 Å². The van der Waals surface area contributed by atoms with E-state index in [1.807, 2.05) is 6.92 Å². The van der Waals surface area contributed by atoms with Gasteiger partial charge in [-0.3, -0.25) is 10.1 Å². The molecule has 106 valence electrons. The Kier molecular flexibility index (Phi) is 4.26. The molecule has 0 radical (unpaired) electrons. The molecule has 0 saturated carbocycles. The second kappa shape index (κ2) is 5.93. The first-order valence-electron chi connectivity index (χ1n) is 5.91. The molecule has 0 aliphatic carbocycles. The lowest BCUT2D eigenvalue weighted by molar-refractivity contribution is 0.102. The van der Waals surface area contributed by atoms with Gasteiger partial charge in [-0.15, -0.1) is 11.3 Å². The molecule has 0 fully saturated rings. The Morgan fingerprint density at radius 2 is 2.20 bits per heavy atom. The lowest BCUT2D eigenvalue weighted by Crippen LogP contribution is -2.15. The van der Waals surface area contributed by atoms with Crippen molar-refractivity contribution in [2.45, 2.75) is 19.9 Å². The summed E-state index contributed by atoms with van der Waals surface area (Å²) in [4.78, 5) is 24.4. The van der Waals surface area contributed by atoms with E-state index in [9.17, 15) is 4.79 Å². The summed E-state index contributed by atoms with van der Waals surface area (Å²) in [5.74, 6) is 0.199. The van der Waals surface area contributed by atoms with E-state index >= 15 is 0 Å². The molecule has 7 nitrogen and oxygen atoms in total. The predicted molar refractivity (Wildman–Crippen MR) is 76.0 cm³/mol. The normalized spacial score (nSPS) is 12.0. The summed E-state index contributed by atoms with van der Waals surface area (Å²) >= 11 is 1.34. The molecule has 0 aliphatic heterocycles. The fraction of sp³-hybridized carbons (Fsp3) is 0.333. The molecular weight excluding hydrogens is 278 g/mol. The molecule has 2 heterocycles. The summed E-state index contributed by atoms with van der Waals surface area (Å²) in [5.41, 5.74) is 6.71. The topological polar surface area (TPSA) is 103 Å². The van der Waals surface area contributed by atoms with Crippen molar-refractivity contribution in [2.24, 2.45) is 5.73 Å². The number of thiazole rings is 1. The van der Waals surface area contributed by atoms with Crippen LogP contribution in [-0.2, 0) is 0 Å². The number of hydrogen-bond acceptors (Lipinski definition) is 7. The van der Waals surface area contributed by atoms with Crippen LogP contribution < -0.4 is 15.8 Å². The van der Waals surface area contributed by atoms with Gasteiger partial charge in [-0.05, 0) is 13.8 Å². The van der Waals surface area contributed by atoms with E-state index < -0.39 is 0 Å². The molecule has 2 rings (SSSR count). The Labute approximate surface area is 120 Å². The molecule has 20 heavy (non-hydrogen) atoms. The van der Waals surface area contributed by atoms with Crippen LogP contribution in [0.3, 0.4) is 0 Å². The van der Waals surface area contributed by atoms with Crippen molar-refractivity contribution >= 4 is 23.2 Å². The van der Waals surface area contributed by atoms with Crippen molar-refractivity contribution in [2.75, 3.05) is 12.4 Å². The molecule has 2 aromatic heterocycles. The fourth-order valence-corrected chi connectivity index (χ4v) is 2.22. The van der Waals surface area contributed by atoms with E-state index in [2.05, 4.69) is 20.3 Å². The first-order valence-corrected chi connectivity index (χ1v) is 6.79. The van der Waals surface area contributed by atoms with Gasteiger partial charge in [0, 0.05) is 17.1 Å². The van der Waals surface area contributed by atoms with Gasteiger partial charge in [-0.25, -0.2) is 9.97 Å². The van der Waals surface area contributed by atoms with Crippen molar-refractivity contribution in [1.82, 2.24) is 15.0 Å². The summed E-state index contributed by atoms with van der Waals surface area (Å²) in [7, 11) is 1.50. The summed E-state index contributed by atoms with van der Waals surface area (Å²) in [5, 5.41) is 4.95. The highest BCUT2D eigenvalue weighted by molar-refractivity contribution is 7.09. The minimum absolute atomic E-state index is 0.183. The van der Waals surface area contributed by atoms with Gasteiger partial charge in [0.15, 0.2) is 0 Å². The maximum atomic E-state index is 12.0. The molecule has 1 amide bonds. The highest BCUT2D eigenvalue weighted by Gasteiger charge is 2.14. The van der Waals surface area contributed by atoms with E-state index in [1.165, 1.54) is 18.4 Å². The Hall–Kier alpha value is -2.06. The fourth-order valence-electron chi connectivity index (χ4n) is 1.47. The van der Waals surface area contributed by atoms with Crippen LogP contribution in [0.25, 0.3) is 0 Å². The lowest BCUT2D eigenvalue weighted by atomic mass is 10.4. The molecular formula is C12H15N5O2S. The van der Waals surface area contributed by atoms with Gasteiger partial charge in [0.05, 0.1) is 13.2 Å². The van der Waals surface area contributed by atoms with Crippen LogP contribution in [0, 0.1) is 6.92 Å². The zero-order chi connectivity index (χ0) is 14.7. The number of nitrogens with two attached hydrogens (primary N) is 1. The third kappa shape index (κ3) is 3.28. The number of aromatic nitrogens is 3. The highest BCUT2D eigenvalue weighted by atomic mass is 32.1. The van der Waals surface area contributed by atoms with Crippen LogP contribution >= 0.6 is 11.3 Å². The van der Waals surface area contributed by atoms with E-state index in [1.54, 1.807) is 18.4 Å². The number of nitrogens with one attached hydrogen (secondary N) is 1. The second-order valence-electron chi connectivity index (χ2n) is 4.19. The summed E-state index contributed by atoms with van der Waals surface area (Å²) in [6.07, 6.45) is 0. The summed E-state index contributed by atoms with van der Waals surface area (Å²) in [6.45, 7) is 3.60. The Bertz CT molecular complexity index is 626. The van der Waals surface area contributed by atoms with Crippen molar-refractivity contribution < 1.29 is 9.53 Å². The number of anilines is 1. The Morgan fingerprint density at radius 3 is 2.80 bits per heavy atom. The SMILES string of the molecule is COc1cc(C)nc(NC(=O)c2csc(C(C)N)n2)n1. The number of aryl methyl sites for hydroxylation is 1. The minimum Gasteiger partial charge on any atom is -0.481 e. The van der Waals surface area contributed by atoms with E-state index in [4.69, 9.17) is 10.5 Å². The van der Waals surface area contributed by atoms with Crippen LogP contribution in [-0.4, -0.2) is 28.0 Å². The van der Waals surface area contributed by atoms with Gasteiger partial charge in [-0.1, -0.05) is 0 Å². The third-order valence-electron chi connectivity index (χ3n) is 2.41. The number of amides is 1. The number of rotatable bonds is 4. The highest BCUT2D eigenvalue weighted by Crippen LogP contribution is 2.17. The first kappa shape index (κ1) is 14.4. The number of carbonyl (C=O) groups is 1. The average Bonchev–Trinajstić information content (AvgIpc) is 2.87. The smallest absolute Gasteiger partial charge is 0.277 e. The Morgan fingerprint density at radius 1 is 1.45 bits per heavy atom. The predicted octanol–water partition coefficient (Wildman–Crippen LogP) is 1.52. The van der Waals surface area contributed by atoms with Crippen molar-refractivity contribution in [3.8, 4) is 5.88 Å². The number of methoxy groups -OCH3 is 1. The maximum absolute atomic E-state index is 12.0. The Balaban J connectivity index is 2.16. The molecule has 0 bridgehead atoms. The van der Waals surface area contributed by atoms with Crippen LogP contribution in [0.15, 0.2) is 11.4 Å². The molecule has 0 aliphatic rings. The average molecular weight is 293 g/mol. The van der Waals surface area contributed by atoms with Crippen molar-refractivity contribution in [3.05, 3.63) is 27.8 Å². The largest absolute Gasteiger partial charge is 0.481 e. The maximum Gasteiger partial charge on any atom is 0.277 e. The van der Waals surface area contributed by atoms with Crippen molar-refractivity contribution in [3.63, 3.8) is 0 Å². The summed E-state index contributed by atoms with van der Waals surface area (Å²) < 4.78 is 5.03. The molecule has 1 atom stereocenters. The minimum atomic E-state index is -0.374. The second-order valence-corrected chi connectivity index (χ2v) is 5.08. The van der Waals surface area contributed by atoms with Gasteiger partial charge in [0.25, 0.3) is 5.91 Å². The van der Waals surface area contributed by atoms with Crippen molar-refractivity contribution in [1.29, 1.82) is 0 Å². The van der Waals surface area contributed by atoms with Crippen LogP contribution in [0.4, 0.5) is 5.95 Å². The number of ether oxygens (including phenoxy) is 1. The molecule has 8 heteroatoms. The first-order chi connectivity index (χ1) is 9.49. The van der Waals surface area contributed by atoms with Gasteiger partial charge >= 0.3 is 0 Å². The van der Waals surface area contributed by atoms with E-state index in [0.717, 1.165) is 0 Å². The van der Waals surface area contributed by atoms with Crippen LogP contribution in [0.1, 0.15) is 34.2 Å². The zero-order valence-electron chi connectivity index (χ0n) is 11.4.